The Labute approximate surface area is 150 Å². The Morgan fingerprint density at radius 3 is 2.50 bits per heavy atom. The molecular weight excluding hydrogens is 346 g/mol. The number of nitro benzene ring substituents is 1. The largest absolute Gasteiger partial charge is 0.493 e. The minimum Gasteiger partial charge on any atom is -0.493 e. The van der Waals surface area contributed by atoms with E-state index in [0.717, 1.165) is 6.07 Å². The summed E-state index contributed by atoms with van der Waals surface area (Å²) in [6.45, 7) is 2.08. The quantitative estimate of drug-likeness (QED) is 0.365. The van der Waals surface area contributed by atoms with Gasteiger partial charge in [-0.1, -0.05) is 0 Å². The van der Waals surface area contributed by atoms with E-state index < -0.39 is 16.6 Å². The van der Waals surface area contributed by atoms with Gasteiger partial charge in [-0.25, -0.2) is 4.79 Å². The Balaban J connectivity index is 2.87. The topological polar surface area (TPSA) is 132 Å². The van der Waals surface area contributed by atoms with Crippen molar-refractivity contribution >= 4 is 17.6 Å². The molecule has 0 saturated carbocycles. The number of benzene rings is 1. The van der Waals surface area contributed by atoms with Crippen molar-refractivity contribution in [2.75, 3.05) is 33.9 Å². The third kappa shape index (κ3) is 5.07. The number of carbonyl (C=O) groups is 2. The molecule has 0 aliphatic rings. The predicted molar refractivity (Wildman–Crippen MR) is 89.0 cm³/mol. The van der Waals surface area contributed by atoms with Gasteiger partial charge in [-0.3, -0.25) is 14.9 Å². The molecule has 0 heterocycles. The first-order valence-electron chi connectivity index (χ1n) is 7.61. The van der Waals surface area contributed by atoms with Crippen LogP contribution in [-0.4, -0.2) is 55.6 Å². The molecule has 0 radical (unpaired) electrons. The summed E-state index contributed by atoms with van der Waals surface area (Å²) in [6, 6.07) is 4.06. The smallest absolute Gasteiger partial charge is 0.338 e. The maximum Gasteiger partial charge on any atom is 0.338 e. The molecule has 10 nitrogen and oxygen atoms in total. The molecule has 0 unspecified atom stereocenters. The van der Waals surface area contributed by atoms with Gasteiger partial charge in [-0.15, -0.1) is 0 Å². The summed E-state index contributed by atoms with van der Waals surface area (Å²) in [5, 5.41) is 19.7. The number of ether oxygens (including phenoxy) is 3. The van der Waals surface area contributed by atoms with Crippen LogP contribution in [-0.2, 0) is 9.53 Å². The molecule has 0 N–H and O–H groups in total. The van der Waals surface area contributed by atoms with E-state index in [0.29, 0.717) is 6.54 Å². The van der Waals surface area contributed by atoms with Gasteiger partial charge in [0, 0.05) is 12.6 Å². The van der Waals surface area contributed by atoms with E-state index in [1.807, 2.05) is 0 Å². The first-order valence-corrected chi connectivity index (χ1v) is 7.61. The molecule has 0 atom stereocenters. The van der Waals surface area contributed by atoms with Crippen molar-refractivity contribution in [3.05, 3.63) is 27.8 Å². The third-order valence-corrected chi connectivity index (χ3v) is 3.45. The third-order valence-electron chi connectivity index (χ3n) is 3.45. The lowest BCUT2D eigenvalue weighted by Gasteiger charge is -2.19. The lowest BCUT2D eigenvalue weighted by Crippen LogP contribution is -2.33. The molecule has 0 aromatic heterocycles. The number of nitriles is 1. The monoisotopic (exact) mass is 365 g/mol. The van der Waals surface area contributed by atoms with Gasteiger partial charge in [-0.2, -0.15) is 5.26 Å². The van der Waals surface area contributed by atoms with Crippen LogP contribution in [0.1, 0.15) is 23.7 Å². The van der Waals surface area contributed by atoms with Gasteiger partial charge in [-0.05, 0) is 13.0 Å². The van der Waals surface area contributed by atoms with Gasteiger partial charge in [0.25, 0.3) is 0 Å². The highest BCUT2D eigenvalue weighted by molar-refractivity contribution is 5.91. The summed E-state index contributed by atoms with van der Waals surface area (Å²) in [6.07, 6.45) is -0.260. The highest BCUT2D eigenvalue weighted by atomic mass is 16.6. The number of hydrogen-bond acceptors (Lipinski definition) is 8. The Kier molecular flexibility index (Phi) is 7.82. The molecule has 0 aliphatic carbocycles. The van der Waals surface area contributed by atoms with E-state index in [1.54, 1.807) is 13.0 Å². The average Bonchev–Trinajstić information content (AvgIpc) is 2.63. The minimum absolute atomic E-state index is 0.0213. The van der Waals surface area contributed by atoms with Gasteiger partial charge in [0.2, 0.25) is 11.7 Å². The Bertz CT molecular complexity index is 727. The number of esters is 1. The highest BCUT2D eigenvalue weighted by Gasteiger charge is 2.24. The highest BCUT2D eigenvalue weighted by Crippen LogP contribution is 2.38. The zero-order valence-electron chi connectivity index (χ0n) is 14.7. The SMILES string of the molecule is CCN(CCOC(=O)c1cc(OC)c(OC)c([N+](=O)[O-])c1)C(=O)CC#N. The van der Waals surface area contributed by atoms with Crippen molar-refractivity contribution in [3.63, 3.8) is 0 Å². The maximum absolute atomic E-state index is 12.2. The Hall–Kier alpha value is -3.35. The standard InChI is InChI=1S/C16H19N3O7/c1-4-18(14(20)5-6-17)7-8-26-16(21)11-9-12(19(22)23)15(25-3)13(10-11)24-2/h9-10H,4-5,7-8H2,1-3H3. The number of rotatable bonds is 9. The van der Waals surface area contributed by atoms with E-state index in [9.17, 15) is 19.7 Å². The molecule has 0 saturated heterocycles. The number of nitro groups is 1. The number of hydrogen-bond donors (Lipinski definition) is 0. The van der Waals surface area contributed by atoms with Crippen molar-refractivity contribution in [1.29, 1.82) is 5.26 Å². The molecule has 0 aliphatic heterocycles. The molecule has 10 heteroatoms. The zero-order chi connectivity index (χ0) is 19.7. The van der Waals surface area contributed by atoms with Crippen molar-refractivity contribution in [3.8, 4) is 17.6 Å². The number of nitrogens with zero attached hydrogens (tertiary/aromatic N) is 3. The summed E-state index contributed by atoms with van der Waals surface area (Å²) in [4.78, 5) is 35.6. The van der Waals surface area contributed by atoms with Crippen LogP contribution in [0.4, 0.5) is 5.69 Å². The molecule has 140 valence electrons. The van der Waals surface area contributed by atoms with Crippen molar-refractivity contribution < 1.29 is 28.7 Å². The predicted octanol–water partition coefficient (Wildman–Crippen LogP) is 1.53. The lowest BCUT2D eigenvalue weighted by atomic mass is 10.1. The van der Waals surface area contributed by atoms with Crippen LogP contribution in [0.2, 0.25) is 0 Å². The number of methoxy groups -OCH3 is 2. The molecule has 1 aromatic carbocycles. The van der Waals surface area contributed by atoms with Crippen LogP contribution < -0.4 is 9.47 Å². The fourth-order valence-corrected chi connectivity index (χ4v) is 2.17. The van der Waals surface area contributed by atoms with Crippen LogP contribution in [0.3, 0.4) is 0 Å². The number of likely N-dealkylation sites (N-methyl/N-ethyl adjacent to an activating group) is 1. The molecule has 1 aromatic rings. The van der Waals surface area contributed by atoms with E-state index in [-0.39, 0.29) is 42.5 Å². The summed E-state index contributed by atoms with van der Waals surface area (Å²) in [5.74, 6) is -1.26. The average molecular weight is 365 g/mol. The fourth-order valence-electron chi connectivity index (χ4n) is 2.17. The molecule has 1 rings (SSSR count). The van der Waals surface area contributed by atoms with Crippen molar-refractivity contribution in [1.82, 2.24) is 4.90 Å². The molecular formula is C16H19N3O7. The van der Waals surface area contributed by atoms with E-state index in [1.165, 1.54) is 25.2 Å². The van der Waals surface area contributed by atoms with Crippen LogP contribution >= 0.6 is 0 Å². The minimum atomic E-state index is -0.808. The first kappa shape index (κ1) is 20.7. The molecule has 26 heavy (non-hydrogen) atoms. The van der Waals surface area contributed by atoms with Crippen LogP contribution in [0.25, 0.3) is 0 Å². The molecule has 0 bridgehead atoms. The fraction of sp³-hybridized carbons (Fsp3) is 0.438. The van der Waals surface area contributed by atoms with Gasteiger partial charge in [0.05, 0.1) is 37.3 Å². The van der Waals surface area contributed by atoms with E-state index >= 15 is 0 Å². The van der Waals surface area contributed by atoms with Gasteiger partial charge in [0.1, 0.15) is 13.0 Å². The normalized spacial score (nSPS) is 9.77. The van der Waals surface area contributed by atoms with Crippen molar-refractivity contribution in [2.24, 2.45) is 0 Å². The lowest BCUT2D eigenvalue weighted by molar-refractivity contribution is -0.385. The molecule has 0 spiro atoms. The number of amides is 1. The summed E-state index contributed by atoms with van der Waals surface area (Å²) in [7, 11) is 2.54. The summed E-state index contributed by atoms with van der Waals surface area (Å²) in [5.41, 5.74) is -0.515. The zero-order valence-corrected chi connectivity index (χ0v) is 14.7. The summed E-state index contributed by atoms with van der Waals surface area (Å²) < 4.78 is 15.0. The van der Waals surface area contributed by atoms with Crippen molar-refractivity contribution in [2.45, 2.75) is 13.3 Å². The molecule has 1 amide bonds. The van der Waals surface area contributed by atoms with Gasteiger partial charge in [0.15, 0.2) is 5.75 Å². The summed E-state index contributed by atoms with van der Waals surface area (Å²) >= 11 is 0. The second kappa shape index (κ2) is 9.83. The molecule has 0 fully saturated rings. The van der Waals surface area contributed by atoms with Gasteiger partial charge >= 0.3 is 11.7 Å². The first-order chi connectivity index (χ1) is 12.4. The van der Waals surface area contributed by atoms with E-state index in [2.05, 4.69) is 0 Å². The van der Waals surface area contributed by atoms with Crippen LogP contribution in [0, 0.1) is 21.4 Å². The maximum atomic E-state index is 12.2. The Morgan fingerprint density at radius 1 is 1.31 bits per heavy atom. The second-order valence-corrected chi connectivity index (χ2v) is 4.93. The van der Waals surface area contributed by atoms with E-state index in [4.69, 9.17) is 19.5 Å². The van der Waals surface area contributed by atoms with Crippen LogP contribution in [0.5, 0.6) is 11.5 Å². The second-order valence-electron chi connectivity index (χ2n) is 4.93. The Morgan fingerprint density at radius 2 is 2.00 bits per heavy atom. The number of carbonyl (C=O) groups excluding carboxylic acids is 2. The van der Waals surface area contributed by atoms with Gasteiger partial charge < -0.3 is 19.1 Å². The van der Waals surface area contributed by atoms with Crippen LogP contribution in [0.15, 0.2) is 12.1 Å².